The van der Waals surface area contributed by atoms with E-state index in [0.29, 0.717) is 18.5 Å². The van der Waals surface area contributed by atoms with Crippen molar-refractivity contribution in [3.8, 4) is 0 Å². The molecule has 0 radical (unpaired) electrons. The van der Waals surface area contributed by atoms with E-state index in [-0.39, 0.29) is 18.4 Å². The van der Waals surface area contributed by atoms with Crippen LogP contribution in [0.4, 0.5) is 0 Å². The van der Waals surface area contributed by atoms with Crippen molar-refractivity contribution >= 4 is 18.0 Å². The van der Waals surface area contributed by atoms with Gasteiger partial charge in [-0.2, -0.15) is 0 Å². The molecule has 0 atom stereocenters. The molecule has 2 rings (SSSR count). The number of rotatable bonds is 7. The minimum atomic E-state index is -0.237. The van der Waals surface area contributed by atoms with Crippen molar-refractivity contribution in [1.29, 1.82) is 5.41 Å². The number of hydrogen-bond acceptors (Lipinski definition) is 5. The standard InChI is InChI=1S/C18H20N4O2.CH5N/c1-13(23)22-11-15-4-2-14(3-5-15)8-16-9-17(12-20-10-16)18(24)21-7-6-19;1-2/h2-6,9-10,12,19H,7-8,11H2,1H3,(H,21,24)(H,22,23);2H2,1H3. The van der Waals surface area contributed by atoms with E-state index in [1.807, 2.05) is 24.3 Å². The first kappa shape index (κ1) is 21.0. The molecule has 2 amide bonds. The van der Waals surface area contributed by atoms with Gasteiger partial charge in [-0.05, 0) is 36.2 Å². The zero-order valence-corrected chi connectivity index (χ0v) is 15.1. The van der Waals surface area contributed by atoms with E-state index in [9.17, 15) is 9.59 Å². The van der Waals surface area contributed by atoms with Crippen molar-refractivity contribution in [3.05, 3.63) is 65.0 Å². The summed E-state index contributed by atoms with van der Waals surface area (Å²) in [5, 5.41) is 12.3. The third kappa shape index (κ3) is 7.23. The SMILES string of the molecule is CC(=O)NCc1ccc(Cc2cncc(C(=O)NCC=N)c2)cc1.CN. The number of nitrogens with two attached hydrogens (primary N) is 1. The summed E-state index contributed by atoms with van der Waals surface area (Å²) in [7, 11) is 1.50. The molecular weight excluding hydrogens is 330 g/mol. The summed E-state index contributed by atoms with van der Waals surface area (Å²) in [6.45, 7) is 2.21. The molecule has 0 bridgehead atoms. The van der Waals surface area contributed by atoms with Gasteiger partial charge in [-0.15, -0.1) is 0 Å². The van der Waals surface area contributed by atoms with Crippen molar-refractivity contribution in [2.24, 2.45) is 5.73 Å². The Balaban J connectivity index is 0.00000163. The smallest absolute Gasteiger partial charge is 0.253 e. The summed E-state index contributed by atoms with van der Waals surface area (Å²) in [5.74, 6) is -0.290. The lowest BCUT2D eigenvalue weighted by atomic mass is 10.0. The molecule has 0 fully saturated rings. The van der Waals surface area contributed by atoms with Gasteiger partial charge < -0.3 is 21.8 Å². The largest absolute Gasteiger partial charge is 0.352 e. The zero-order chi connectivity index (χ0) is 19.4. The Morgan fingerprint density at radius 3 is 2.35 bits per heavy atom. The maximum Gasteiger partial charge on any atom is 0.253 e. The highest BCUT2D eigenvalue weighted by Crippen LogP contribution is 2.12. The third-order valence-corrected chi connectivity index (χ3v) is 3.39. The van der Waals surface area contributed by atoms with Gasteiger partial charge in [-0.3, -0.25) is 14.6 Å². The Hall–Kier alpha value is -3.06. The molecule has 138 valence electrons. The number of carbonyl (C=O) groups is 2. The van der Waals surface area contributed by atoms with E-state index in [1.54, 1.807) is 12.3 Å². The van der Waals surface area contributed by atoms with Crippen LogP contribution in [-0.2, 0) is 17.8 Å². The van der Waals surface area contributed by atoms with Gasteiger partial charge in [-0.25, -0.2) is 0 Å². The average Bonchev–Trinajstić information content (AvgIpc) is 2.67. The van der Waals surface area contributed by atoms with Crippen molar-refractivity contribution < 1.29 is 9.59 Å². The Morgan fingerprint density at radius 2 is 1.73 bits per heavy atom. The molecule has 1 heterocycles. The topological polar surface area (TPSA) is 121 Å². The molecule has 5 N–H and O–H groups in total. The van der Waals surface area contributed by atoms with Crippen LogP contribution in [0.25, 0.3) is 0 Å². The number of aromatic nitrogens is 1. The first-order chi connectivity index (χ1) is 12.6. The molecule has 0 saturated heterocycles. The molecule has 1 aromatic carbocycles. The van der Waals surface area contributed by atoms with Crippen LogP contribution >= 0.6 is 0 Å². The van der Waals surface area contributed by atoms with Crippen LogP contribution in [0, 0.1) is 5.41 Å². The van der Waals surface area contributed by atoms with E-state index >= 15 is 0 Å². The Kier molecular flexibility index (Phi) is 9.27. The predicted octanol–water partition coefficient (Wildman–Crippen LogP) is 1.26. The van der Waals surface area contributed by atoms with Gasteiger partial charge in [0.1, 0.15) is 0 Å². The Bertz CT molecular complexity index is 729. The van der Waals surface area contributed by atoms with Gasteiger partial charge in [0.15, 0.2) is 0 Å². The quantitative estimate of drug-likeness (QED) is 0.559. The first-order valence-corrected chi connectivity index (χ1v) is 8.19. The maximum absolute atomic E-state index is 11.9. The molecule has 0 aliphatic carbocycles. The number of amides is 2. The fourth-order valence-corrected chi connectivity index (χ4v) is 2.19. The number of benzene rings is 1. The highest BCUT2D eigenvalue weighted by Gasteiger charge is 2.06. The Labute approximate surface area is 153 Å². The molecule has 7 heteroatoms. The lowest BCUT2D eigenvalue weighted by molar-refractivity contribution is -0.119. The molecule has 26 heavy (non-hydrogen) atoms. The van der Waals surface area contributed by atoms with Gasteiger partial charge in [0.2, 0.25) is 5.91 Å². The second-order valence-corrected chi connectivity index (χ2v) is 5.40. The van der Waals surface area contributed by atoms with E-state index < -0.39 is 0 Å². The summed E-state index contributed by atoms with van der Waals surface area (Å²) in [6.07, 6.45) is 5.05. The van der Waals surface area contributed by atoms with Gasteiger partial charge in [0.05, 0.1) is 12.1 Å². The minimum Gasteiger partial charge on any atom is -0.352 e. The molecule has 2 aromatic rings. The van der Waals surface area contributed by atoms with Crippen LogP contribution in [0.15, 0.2) is 42.7 Å². The van der Waals surface area contributed by atoms with Crippen molar-refractivity contribution in [2.45, 2.75) is 19.9 Å². The fraction of sp³-hybridized carbons (Fsp3) is 0.263. The summed E-state index contributed by atoms with van der Waals surface area (Å²) in [4.78, 5) is 26.9. The van der Waals surface area contributed by atoms with Gasteiger partial charge in [0.25, 0.3) is 5.91 Å². The highest BCUT2D eigenvalue weighted by molar-refractivity contribution is 5.95. The summed E-state index contributed by atoms with van der Waals surface area (Å²) < 4.78 is 0. The van der Waals surface area contributed by atoms with Gasteiger partial charge >= 0.3 is 0 Å². The van der Waals surface area contributed by atoms with Gasteiger partial charge in [0, 0.05) is 32.1 Å². The van der Waals surface area contributed by atoms with Gasteiger partial charge in [-0.1, -0.05) is 24.3 Å². The molecule has 0 spiro atoms. The summed E-state index contributed by atoms with van der Waals surface area (Å²) in [5.41, 5.74) is 8.05. The van der Waals surface area contributed by atoms with Crippen molar-refractivity contribution in [2.75, 3.05) is 13.6 Å². The van der Waals surface area contributed by atoms with Crippen LogP contribution in [0.3, 0.4) is 0 Å². The number of carbonyl (C=O) groups excluding carboxylic acids is 2. The molecule has 0 aliphatic rings. The summed E-state index contributed by atoms with van der Waals surface area (Å²) >= 11 is 0. The van der Waals surface area contributed by atoms with Crippen LogP contribution in [-0.4, -0.2) is 36.6 Å². The highest BCUT2D eigenvalue weighted by atomic mass is 16.2. The monoisotopic (exact) mass is 355 g/mol. The Morgan fingerprint density at radius 1 is 1.08 bits per heavy atom. The van der Waals surface area contributed by atoms with E-state index in [4.69, 9.17) is 5.41 Å². The zero-order valence-electron chi connectivity index (χ0n) is 15.1. The van der Waals surface area contributed by atoms with Crippen LogP contribution in [0.1, 0.15) is 34.0 Å². The molecular formula is C19H25N5O2. The van der Waals surface area contributed by atoms with Crippen molar-refractivity contribution in [1.82, 2.24) is 15.6 Å². The van der Waals surface area contributed by atoms with E-state index in [0.717, 1.165) is 22.9 Å². The van der Waals surface area contributed by atoms with Crippen molar-refractivity contribution in [3.63, 3.8) is 0 Å². The van der Waals surface area contributed by atoms with Crippen LogP contribution in [0.5, 0.6) is 0 Å². The van der Waals surface area contributed by atoms with Crippen LogP contribution in [0.2, 0.25) is 0 Å². The number of hydrogen-bond donors (Lipinski definition) is 4. The lowest BCUT2D eigenvalue weighted by Gasteiger charge is -2.07. The molecule has 0 aliphatic heterocycles. The average molecular weight is 355 g/mol. The second-order valence-electron chi connectivity index (χ2n) is 5.40. The lowest BCUT2D eigenvalue weighted by Crippen LogP contribution is -2.25. The fourth-order valence-electron chi connectivity index (χ4n) is 2.19. The third-order valence-electron chi connectivity index (χ3n) is 3.39. The molecule has 7 nitrogen and oxygen atoms in total. The van der Waals surface area contributed by atoms with Crippen LogP contribution < -0.4 is 16.4 Å². The normalized spacial score (nSPS) is 9.50. The molecule has 0 unspecified atom stereocenters. The minimum absolute atomic E-state index is 0.0525. The predicted molar refractivity (Wildman–Crippen MR) is 102 cm³/mol. The number of nitrogens with zero attached hydrogens (tertiary/aromatic N) is 1. The second kappa shape index (κ2) is 11.5. The number of nitrogens with one attached hydrogen (secondary N) is 3. The van der Waals surface area contributed by atoms with E-state index in [1.165, 1.54) is 20.2 Å². The molecule has 1 aromatic heterocycles. The van der Waals surface area contributed by atoms with E-state index in [2.05, 4.69) is 21.4 Å². The maximum atomic E-state index is 11.9. The molecule has 0 saturated carbocycles. The first-order valence-electron chi connectivity index (χ1n) is 8.19. The summed E-state index contributed by atoms with van der Waals surface area (Å²) in [6, 6.07) is 9.74. The number of pyridine rings is 1.